The quantitative estimate of drug-likeness (QED) is 0.718. The highest BCUT2D eigenvalue weighted by molar-refractivity contribution is 5.93. The number of rotatable bonds is 4. The third kappa shape index (κ3) is 3.54. The Morgan fingerprint density at radius 3 is 2.88 bits per heavy atom. The molecule has 0 spiro atoms. The van der Waals surface area contributed by atoms with E-state index >= 15 is 0 Å². The highest BCUT2D eigenvalue weighted by atomic mass is 16.5. The summed E-state index contributed by atoms with van der Waals surface area (Å²) in [6, 6.07) is 0. The fourth-order valence-electron chi connectivity index (χ4n) is 2.19. The Bertz CT molecular complexity index is 301. The predicted octanol–water partition coefficient (Wildman–Crippen LogP) is 0.982. The van der Waals surface area contributed by atoms with E-state index in [4.69, 9.17) is 4.74 Å². The molecular formula is C13H22N2O2. The zero-order chi connectivity index (χ0) is 12.1. The van der Waals surface area contributed by atoms with Crippen molar-refractivity contribution in [3.8, 4) is 0 Å². The largest absolute Gasteiger partial charge is 0.378 e. The Kier molecular flexibility index (Phi) is 4.57. The molecule has 0 radical (unpaired) electrons. The topological polar surface area (TPSA) is 50.4 Å². The van der Waals surface area contributed by atoms with Crippen LogP contribution in [0.15, 0.2) is 11.1 Å². The molecule has 2 rings (SSSR count). The van der Waals surface area contributed by atoms with Gasteiger partial charge in [0.15, 0.2) is 0 Å². The van der Waals surface area contributed by atoms with Crippen LogP contribution in [0.4, 0.5) is 0 Å². The Morgan fingerprint density at radius 2 is 2.29 bits per heavy atom. The minimum atomic E-state index is 0.0808. The zero-order valence-electron chi connectivity index (χ0n) is 10.6. The van der Waals surface area contributed by atoms with Crippen molar-refractivity contribution in [2.75, 3.05) is 26.2 Å². The van der Waals surface area contributed by atoms with Crippen LogP contribution in [0.3, 0.4) is 0 Å². The molecule has 2 N–H and O–H groups in total. The maximum absolute atomic E-state index is 11.8. The number of hydrogen-bond acceptors (Lipinski definition) is 3. The molecule has 96 valence electrons. The lowest BCUT2D eigenvalue weighted by Crippen LogP contribution is -2.38. The van der Waals surface area contributed by atoms with E-state index in [1.165, 1.54) is 18.4 Å². The first-order chi connectivity index (χ1) is 8.27. The third-order valence-electron chi connectivity index (χ3n) is 3.57. The van der Waals surface area contributed by atoms with Crippen molar-refractivity contribution in [2.45, 2.75) is 38.7 Å². The molecule has 0 bridgehead atoms. The normalized spacial score (nSPS) is 24.1. The van der Waals surface area contributed by atoms with Gasteiger partial charge >= 0.3 is 0 Å². The summed E-state index contributed by atoms with van der Waals surface area (Å²) in [6.07, 6.45) is 4.86. The van der Waals surface area contributed by atoms with Gasteiger partial charge in [-0.05, 0) is 38.2 Å². The first-order valence-electron chi connectivity index (χ1n) is 6.56. The highest BCUT2D eigenvalue weighted by Gasteiger charge is 2.17. The predicted molar refractivity (Wildman–Crippen MR) is 66.8 cm³/mol. The Hall–Kier alpha value is -0.870. The van der Waals surface area contributed by atoms with Crippen molar-refractivity contribution in [3.63, 3.8) is 0 Å². The van der Waals surface area contributed by atoms with Crippen LogP contribution in [-0.2, 0) is 9.53 Å². The molecule has 2 aliphatic rings. The van der Waals surface area contributed by atoms with Crippen molar-refractivity contribution >= 4 is 5.91 Å². The minimum Gasteiger partial charge on any atom is -0.378 e. The number of amides is 1. The van der Waals surface area contributed by atoms with Crippen LogP contribution >= 0.6 is 0 Å². The lowest BCUT2D eigenvalue weighted by Gasteiger charge is -2.23. The monoisotopic (exact) mass is 238 g/mol. The van der Waals surface area contributed by atoms with Crippen LogP contribution in [0, 0.1) is 0 Å². The first-order valence-corrected chi connectivity index (χ1v) is 6.56. The van der Waals surface area contributed by atoms with Crippen molar-refractivity contribution < 1.29 is 9.53 Å². The van der Waals surface area contributed by atoms with Gasteiger partial charge in [0.25, 0.3) is 0 Å². The summed E-state index contributed by atoms with van der Waals surface area (Å²) in [6.45, 7) is 5.24. The highest BCUT2D eigenvalue weighted by Crippen LogP contribution is 2.15. The lowest BCUT2D eigenvalue weighted by molar-refractivity contribution is -0.117. The van der Waals surface area contributed by atoms with E-state index in [1.807, 2.05) is 6.92 Å². The maximum atomic E-state index is 11.8. The van der Waals surface area contributed by atoms with Gasteiger partial charge in [0.05, 0.1) is 6.10 Å². The smallest absolute Gasteiger partial charge is 0.246 e. The van der Waals surface area contributed by atoms with Crippen molar-refractivity contribution in [1.82, 2.24) is 10.6 Å². The molecular weight excluding hydrogens is 216 g/mol. The summed E-state index contributed by atoms with van der Waals surface area (Å²) in [5, 5.41) is 6.12. The van der Waals surface area contributed by atoms with E-state index in [-0.39, 0.29) is 5.91 Å². The van der Waals surface area contributed by atoms with Crippen LogP contribution in [0.2, 0.25) is 0 Å². The molecule has 1 amide bonds. The molecule has 2 heterocycles. The SMILES string of the molecule is CC(C(=O)NCCC1CCCCO1)=C1CNC1. The van der Waals surface area contributed by atoms with E-state index in [0.717, 1.165) is 44.7 Å². The van der Waals surface area contributed by atoms with Crippen molar-refractivity contribution in [2.24, 2.45) is 0 Å². The fourth-order valence-corrected chi connectivity index (χ4v) is 2.19. The Balaban J connectivity index is 1.65. The number of ether oxygens (including phenoxy) is 1. The molecule has 1 atom stereocenters. The number of carbonyl (C=O) groups excluding carboxylic acids is 1. The van der Waals surface area contributed by atoms with Gasteiger partial charge in [-0.1, -0.05) is 0 Å². The van der Waals surface area contributed by atoms with Gasteiger partial charge in [-0.15, -0.1) is 0 Å². The molecule has 0 aromatic heterocycles. The molecule has 0 saturated carbocycles. The Labute approximate surface area is 103 Å². The van der Waals surface area contributed by atoms with E-state index < -0.39 is 0 Å². The van der Waals surface area contributed by atoms with Gasteiger partial charge in [0.1, 0.15) is 0 Å². The second-order valence-electron chi connectivity index (χ2n) is 4.87. The molecule has 1 unspecified atom stereocenters. The average molecular weight is 238 g/mol. The van der Waals surface area contributed by atoms with Gasteiger partial charge < -0.3 is 15.4 Å². The molecule has 4 nitrogen and oxygen atoms in total. The van der Waals surface area contributed by atoms with Crippen molar-refractivity contribution in [1.29, 1.82) is 0 Å². The molecule has 0 aliphatic carbocycles. The third-order valence-corrected chi connectivity index (χ3v) is 3.57. The fraction of sp³-hybridized carbons (Fsp3) is 0.769. The first kappa shape index (κ1) is 12.6. The van der Waals surface area contributed by atoms with Crippen LogP contribution in [0.1, 0.15) is 32.6 Å². The van der Waals surface area contributed by atoms with Gasteiger partial charge in [0.2, 0.25) is 5.91 Å². The van der Waals surface area contributed by atoms with Crippen LogP contribution in [-0.4, -0.2) is 38.3 Å². The van der Waals surface area contributed by atoms with Gasteiger partial charge in [-0.2, -0.15) is 0 Å². The maximum Gasteiger partial charge on any atom is 0.246 e. The van der Waals surface area contributed by atoms with E-state index in [9.17, 15) is 4.79 Å². The number of carbonyl (C=O) groups is 1. The molecule has 2 fully saturated rings. The second kappa shape index (κ2) is 6.17. The van der Waals surface area contributed by atoms with E-state index in [1.54, 1.807) is 0 Å². The molecule has 4 heteroatoms. The number of nitrogens with one attached hydrogen (secondary N) is 2. The van der Waals surface area contributed by atoms with Crippen molar-refractivity contribution in [3.05, 3.63) is 11.1 Å². The van der Waals surface area contributed by atoms with E-state index in [0.29, 0.717) is 6.10 Å². The molecule has 0 aromatic rings. The second-order valence-corrected chi connectivity index (χ2v) is 4.87. The van der Waals surface area contributed by atoms with Crippen LogP contribution in [0.5, 0.6) is 0 Å². The number of hydrogen-bond donors (Lipinski definition) is 2. The van der Waals surface area contributed by atoms with Gasteiger partial charge in [-0.25, -0.2) is 0 Å². The lowest BCUT2D eigenvalue weighted by atomic mass is 10.0. The summed E-state index contributed by atoms with van der Waals surface area (Å²) in [7, 11) is 0. The molecule has 17 heavy (non-hydrogen) atoms. The molecule has 2 aliphatic heterocycles. The van der Waals surface area contributed by atoms with Crippen LogP contribution in [0.25, 0.3) is 0 Å². The summed E-state index contributed by atoms with van der Waals surface area (Å²) >= 11 is 0. The zero-order valence-corrected chi connectivity index (χ0v) is 10.6. The van der Waals surface area contributed by atoms with Crippen LogP contribution < -0.4 is 10.6 Å². The van der Waals surface area contributed by atoms with Gasteiger partial charge in [-0.3, -0.25) is 4.79 Å². The molecule has 2 saturated heterocycles. The summed E-state index contributed by atoms with van der Waals surface area (Å²) < 4.78 is 5.63. The molecule has 0 aromatic carbocycles. The summed E-state index contributed by atoms with van der Waals surface area (Å²) in [5.41, 5.74) is 2.12. The standard InChI is InChI=1S/C13H22N2O2/c1-10(11-8-14-9-11)13(16)15-6-5-12-4-2-3-7-17-12/h12,14H,2-9H2,1H3,(H,15,16). The minimum absolute atomic E-state index is 0.0808. The average Bonchev–Trinajstić information content (AvgIpc) is 2.28. The summed E-state index contributed by atoms with van der Waals surface area (Å²) in [4.78, 5) is 11.8. The Morgan fingerprint density at radius 1 is 1.47 bits per heavy atom. The summed E-state index contributed by atoms with van der Waals surface area (Å²) in [5.74, 6) is 0.0808. The van der Waals surface area contributed by atoms with E-state index in [2.05, 4.69) is 10.6 Å². The van der Waals surface area contributed by atoms with Gasteiger partial charge in [0, 0.05) is 31.8 Å².